The molecular weight excluding hydrogens is 402 g/mol. The van der Waals surface area contributed by atoms with Crippen LogP contribution in [0.25, 0.3) is 23.1 Å². The molecule has 0 radical (unpaired) electrons. The first-order valence-electron chi connectivity index (χ1n) is 7.92. The van der Waals surface area contributed by atoms with Crippen molar-refractivity contribution in [2.75, 3.05) is 6.54 Å². The molecular formula is C17H11N5O4S2. The van der Waals surface area contributed by atoms with Crippen molar-refractivity contribution in [2.24, 2.45) is 0 Å². The Morgan fingerprint density at radius 2 is 2.18 bits per heavy atom. The third-order valence-corrected chi connectivity index (χ3v) is 5.19. The van der Waals surface area contributed by atoms with E-state index in [9.17, 15) is 9.59 Å². The van der Waals surface area contributed by atoms with Gasteiger partial charge < -0.3 is 9.52 Å². The molecule has 1 N–H and O–H groups in total. The number of thiocarbonyl (C=S) groups is 1. The first-order valence-corrected chi connectivity index (χ1v) is 9.14. The molecule has 3 heterocycles. The number of aromatic nitrogens is 4. The van der Waals surface area contributed by atoms with Gasteiger partial charge in [0.2, 0.25) is 0 Å². The van der Waals surface area contributed by atoms with Gasteiger partial charge >= 0.3 is 5.97 Å². The molecule has 9 nitrogen and oxygen atoms in total. The molecule has 11 heteroatoms. The summed E-state index contributed by atoms with van der Waals surface area (Å²) in [6, 6.07) is 11.0. The van der Waals surface area contributed by atoms with Crippen LogP contribution in [0.3, 0.4) is 0 Å². The Balaban J connectivity index is 1.58. The predicted octanol–water partition coefficient (Wildman–Crippen LogP) is 2.21. The normalized spacial score (nSPS) is 15.6. The van der Waals surface area contributed by atoms with Gasteiger partial charge in [0.1, 0.15) is 28.7 Å². The van der Waals surface area contributed by atoms with Gasteiger partial charge in [-0.1, -0.05) is 36.1 Å². The summed E-state index contributed by atoms with van der Waals surface area (Å²) in [5.41, 5.74) is 1.58. The average Bonchev–Trinajstić information content (AvgIpc) is 3.41. The van der Waals surface area contributed by atoms with Gasteiger partial charge in [-0.2, -0.15) is 0 Å². The van der Waals surface area contributed by atoms with Crippen LogP contribution in [0.4, 0.5) is 0 Å². The molecule has 1 aliphatic heterocycles. The molecule has 0 bridgehead atoms. The summed E-state index contributed by atoms with van der Waals surface area (Å²) in [4.78, 5) is 24.6. The first-order chi connectivity index (χ1) is 13.5. The molecule has 1 aliphatic rings. The van der Waals surface area contributed by atoms with Crippen LogP contribution in [0.15, 0.2) is 52.0 Å². The zero-order chi connectivity index (χ0) is 19.7. The van der Waals surface area contributed by atoms with Crippen LogP contribution in [-0.2, 0) is 9.59 Å². The highest BCUT2D eigenvalue weighted by Crippen LogP contribution is 2.33. The Morgan fingerprint density at radius 3 is 2.93 bits per heavy atom. The van der Waals surface area contributed by atoms with Crippen molar-refractivity contribution in [3.63, 3.8) is 0 Å². The highest BCUT2D eigenvalue weighted by atomic mass is 32.2. The number of aliphatic carboxylic acids is 1. The maximum atomic E-state index is 12.3. The highest BCUT2D eigenvalue weighted by molar-refractivity contribution is 8.26. The summed E-state index contributed by atoms with van der Waals surface area (Å²) in [7, 11) is 0. The number of carboxylic acid groups (broad SMARTS) is 1. The van der Waals surface area contributed by atoms with E-state index in [-0.39, 0.29) is 4.32 Å². The summed E-state index contributed by atoms with van der Waals surface area (Å²) in [5.74, 6) is -0.517. The zero-order valence-corrected chi connectivity index (χ0v) is 15.7. The van der Waals surface area contributed by atoms with Crippen LogP contribution in [0.1, 0.15) is 5.76 Å². The fraction of sp³-hybridized carbons (Fsp3) is 0.0588. The Bertz CT molecular complexity index is 1110. The van der Waals surface area contributed by atoms with Crippen molar-refractivity contribution in [3.8, 4) is 17.0 Å². The average molecular weight is 413 g/mol. The molecule has 1 fully saturated rings. The third-order valence-electron chi connectivity index (χ3n) is 3.81. The number of hydrogen-bond acceptors (Lipinski definition) is 8. The number of benzene rings is 1. The fourth-order valence-electron chi connectivity index (χ4n) is 2.57. The van der Waals surface area contributed by atoms with Crippen molar-refractivity contribution in [1.29, 1.82) is 0 Å². The van der Waals surface area contributed by atoms with Gasteiger partial charge in [-0.15, -0.1) is 5.10 Å². The van der Waals surface area contributed by atoms with Crippen molar-refractivity contribution < 1.29 is 19.1 Å². The summed E-state index contributed by atoms with van der Waals surface area (Å²) in [6.07, 6.45) is 3.04. The Kier molecular flexibility index (Phi) is 4.75. The van der Waals surface area contributed by atoms with E-state index in [1.54, 1.807) is 18.2 Å². The van der Waals surface area contributed by atoms with E-state index in [4.69, 9.17) is 21.7 Å². The van der Waals surface area contributed by atoms with E-state index in [2.05, 4.69) is 15.5 Å². The number of furan rings is 1. The first kappa shape index (κ1) is 18.1. The van der Waals surface area contributed by atoms with Crippen LogP contribution in [0, 0.1) is 0 Å². The molecule has 3 aromatic rings. The largest absolute Gasteiger partial charge is 0.480 e. The summed E-state index contributed by atoms with van der Waals surface area (Å²) < 4.78 is 7.56. The zero-order valence-electron chi connectivity index (χ0n) is 14.1. The van der Waals surface area contributed by atoms with E-state index in [1.807, 2.05) is 24.3 Å². The van der Waals surface area contributed by atoms with Gasteiger partial charge in [0.05, 0.1) is 10.6 Å². The minimum absolute atomic E-state index is 0.208. The van der Waals surface area contributed by atoms with Crippen LogP contribution < -0.4 is 0 Å². The number of carbonyl (C=O) groups is 2. The standard InChI is InChI=1S/C17H11N5O4S2/c23-15(24)8-21-16(25)14(28-17(21)27)7-12-4-5-13(26-12)10-2-1-3-11(6-10)22-9-18-19-20-22/h1-7,9H,8H2,(H,23,24)/b14-7+. The van der Waals surface area contributed by atoms with Crippen molar-refractivity contribution in [3.05, 3.63) is 53.4 Å². The number of rotatable bonds is 5. The van der Waals surface area contributed by atoms with Crippen LogP contribution in [0.5, 0.6) is 0 Å². The quantitative estimate of drug-likeness (QED) is 0.496. The lowest BCUT2D eigenvalue weighted by Crippen LogP contribution is -2.33. The lowest BCUT2D eigenvalue weighted by atomic mass is 10.1. The van der Waals surface area contributed by atoms with Gasteiger partial charge in [0.25, 0.3) is 5.91 Å². The molecule has 28 heavy (non-hydrogen) atoms. The Morgan fingerprint density at radius 1 is 1.32 bits per heavy atom. The second kappa shape index (κ2) is 7.37. The molecule has 140 valence electrons. The maximum Gasteiger partial charge on any atom is 0.323 e. The second-order valence-electron chi connectivity index (χ2n) is 5.67. The number of carboxylic acids is 1. The van der Waals surface area contributed by atoms with Gasteiger partial charge in [-0.05, 0) is 34.7 Å². The molecule has 1 amide bonds. The van der Waals surface area contributed by atoms with E-state index < -0.39 is 18.4 Å². The number of carbonyl (C=O) groups excluding carboxylic acids is 1. The molecule has 1 saturated heterocycles. The van der Waals surface area contributed by atoms with E-state index in [0.717, 1.165) is 27.9 Å². The summed E-state index contributed by atoms with van der Waals surface area (Å²) >= 11 is 6.12. The predicted molar refractivity (Wildman–Crippen MR) is 104 cm³/mol. The lowest BCUT2D eigenvalue weighted by Gasteiger charge is -2.09. The molecule has 4 rings (SSSR count). The molecule has 0 aliphatic carbocycles. The van der Waals surface area contributed by atoms with Crippen LogP contribution in [-0.4, -0.2) is 53.0 Å². The molecule has 0 saturated carbocycles. The molecule has 0 atom stereocenters. The number of tetrazole rings is 1. The molecule has 1 aromatic carbocycles. The van der Waals surface area contributed by atoms with Crippen LogP contribution >= 0.6 is 24.0 Å². The fourth-order valence-corrected chi connectivity index (χ4v) is 3.80. The minimum atomic E-state index is -1.12. The van der Waals surface area contributed by atoms with E-state index in [0.29, 0.717) is 16.4 Å². The molecule has 0 unspecified atom stereocenters. The van der Waals surface area contributed by atoms with Gasteiger partial charge in [-0.25, -0.2) is 4.68 Å². The number of nitrogens with zero attached hydrogens (tertiary/aromatic N) is 5. The summed E-state index contributed by atoms with van der Waals surface area (Å²) in [6.45, 7) is -0.463. The lowest BCUT2D eigenvalue weighted by molar-refractivity contribution is -0.140. The Labute approximate surface area is 167 Å². The molecule has 2 aromatic heterocycles. The van der Waals surface area contributed by atoms with Gasteiger partial charge in [0, 0.05) is 11.6 Å². The van der Waals surface area contributed by atoms with E-state index in [1.165, 1.54) is 11.0 Å². The van der Waals surface area contributed by atoms with Gasteiger partial charge in [0.15, 0.2) is 0 Å². The topological polar surface area (TPSA) is 114 Å². The number of thioether (sulfide) groups is 1. The van der Waals surface area contributed by atoms with Crippen LogP contribution in [0.2, 0.25) is 0 Å². The number of amides is 1. The van der Waals surface area contributed by atoms with Crippen molar-refractivity contribution >= 4 is 46.3 Å². The second-order valence-corrected chi connectivity index (χ2v) is 7.34. The minimum Gasteiger partial charge on any atom is -0.480 e. The highest BCUT2D eigenvalue weighted by Gasteiger charge is 2.33. The van der Waals surface area contributed by atoms with Gasteiger partial charge in [-0.3, -0.25) is 14.5 Å². The Hall–Kier alpha value is -3.31. The molecule has 0 spiro atoms. The number of hydrogen-bond donors (Lipinski definition) is 1. The van der Waals surface area contributed by atoms with Crippen molar-refractivity contribution in [1.82, 2.24) is 25.1 Å². The van der Waals surface area contributed by atoms with E-state index >= 15 is 0 Å². The smallest absolute Gasteiger partial charge is 0.323 e. The monoisotopic (exact) mass is 413 g/mol. The van der Waals surface area contributed by atoms with Crippen molar-refractivity contribution in [2.45, 2.75) is 0 Å². The SMILES string of the molecule is O=C(O)CN1C(=O)/C(=C\c2ccc(-c3cccc(-n4cnnn4)c3)o2)SC1=S. The maximum absolute atomic E-state index is 12.3. The third kappa shape index (κ3) is 3.57. The summed E-state index contributed by atoms with van der Waals surface area (Å²) in [5, 5.41) is 20.0.